The first-order chi connectivity index (χ1) is 13.0. The van der Waals surface area contributed by atoms with E-state index in [4.69, 9.17) is 17.0 Å². The fourth-order valence-electron chi connectivity index (χ4n) is 2.44. The molecule has 1 saturated heterocycles. The quantitative estimate of drug-likeness (QED) is 0.280. The summed E-state index contributed by atoms with van der Waals surface area (Å²) in [5, 5.41) is 3.10. The molecule has 0 unspecified atom stereocenters. The van der Waals surface area contributed by atoms with E-state index in [0.29, 0.717) is 20.5 Å². The van der Waals surface area contributed by atoms with Crippen LogP contribution < -0.4 is 5.32 Å². The van der Waals surface area contributed by atoms with Gasteiger partial charge in [-0.25, -0.2) is 4.79 Å². The number of hydrogen-bond acceptors (Lipinski definition) is 6. The molecule has 0 aliphatic carbocycles. The van der Waals surface area contributed by atoms with E-state index in [0.717, 1.165) is 9.13 Å². The Balaban J connectivity index is 1.73. The molecule has 0 atom stereocenters. The minimum absolute atomic E-state index is 0.161. The highest BCUT2D eigenvalue weighted by Crippen LogP contribution is 2.32. The number of thioether (sulfide) groups is 1. The zero-order valence-electron chi connectivity index (χ0n) is 14.3. The van der Waals surface area contributed by atoms with Crippen LogP contribution in [-0.2, 0) is 9.53 Å². The topological polar surface area (TPSA) is 58.6 Å². The van der Waals surface area contributed by atoms with Crippen LogP contribution >= 0.6 is 46.6 Å². The second kappa shape index (κ2) is 8.85. The van der Waals surface area contributed by atoms with Crippen LogP contribution in [-0.4, -0.2) is 34.9 Å². The van der Waals surface area contributed by atoms with Gasteiger partial charge in [0.1, 0.15) is 4.32 Å². The maximum absolute atomic E-state index is 12.7. The molecule has 1 aliphatic heterocycles. The molecule has 0 spiro atoms. The molecule has 8 heteroatoms. The van der Waals surface area contributed by atoms with Crippen molar-refractivity contribution in [2.45, 2.75) is 0 Å². The van der Waals surface area contributed by atoms with E-state index < -0.39 is 5.97 Å². The van der Waals surface area contributed by atoms with E-state index >= 15 is 0 Å². The highest BCUT2D eigenvalue weighted by molar-refractivity contribution is 14.1. The van der Waals surface area contributed by atoms with Crippen LogP contribution in [0.2, 0.25) is 0 Å². The maximum Gasteiger partial charge on any atom is 0.339 e. The molecule has 0 aromatic heterocycles. The van der Waals surface area contributed by atoms with Crippen molar-refractivity contribution in [2.75, 3.05) is 19.1 Å². The molecule has 0 radical (unpaired) electrons. The third-order valence-electron chi connectivity index (χ3n) is 3.80. The Hall–Kier alpha value is -1.91. The number of benzene rings is 2. The first-order valence-electron chi connectivity index (χ1n) is 7.92. The molecule has 1 amide bonds. The molecule has 2 aromatic carbocycles. The molecule has 2 aromatic rings. The lowest BCUT2D eigenvalue weighted by Gasteiger charge is -2.17. The Kier molecular flexibility index (Phi) is 6.51. The number of halogens is 1. The van der Waals surface area contributed by atoms with Crippen LogP contribution in [0.15, 0.2) is 53.4 Å². The van der Waals surface area contributed by atoms with Crippen molar-refractivity contribution < 1.29 is 14.3 Å². The summed E-state index contributed by atoms with van der Waals surface area (Å²) in [5.74, 6) is -0.603. The number of anilines is 1. The van der Waals surface area contributed by atoms with E-state index in [2.05, 4.69) is 27.9 Å². The average Bonchev–Trinajstić information content (AvgIpc) is 2.94. The summed E-state index contributed by atoms with van der Waals surface area (Å²) in [7, 11) is 1.33. The molecule has 0 bridgehead atoms. The summed E-state index contributed by atoms with van der Waals surface area (Å²) >= 11 is 8.85. The van der Waals surface area contributed by atoms with Gasteiger partial charge in [0.05, 0.1) is 29.9 Å². The molecule has 27 heavy (non-hydrogen) atoms. The third-order valence-corrected chi connectivity index (χ3v) is 5.90. The van der Waals surface area contributed by atoms with Gasteiger partial charge in [-0.1, -0.05) is 48.2 Å². The lowest BCUT2D eigenvalue weighted by atomic mass is 10.2. The van der Waals surface area contributed by atoms with Gasteiger partial charge in [0.25, 0.3) is 5.91 Å². The number of thiocarbonyl (C=S) groups is 1. The smallest absolute Gasteiger partial charge is 0.339 e. The molecule has 0 saturated carbocycles. The van der Waals surface area contributed by atoms with Gasteiger partial charge in [0.2, 0.25) is 0 Å². The maximum atomic E-state index is 12.7. The minimum Gasteiger partial charge on any atom is -0.465 e. The number of esters is 1. The Morgan fingerprint density at radius 1 is 1.26 bits per heavy atom. The zero-order valence-corrected chi connectivity index (χ0v) is 18.1. The zero-order chi connectivity index (χ0) is 19.4. The predicted molar refractivity (Wildman–Crippen MR) is 120 cm³/mol. The first-order valence-corrected chi connectivity index (χ1v) is 10.2. The van der Waals surface area contributed by atoms with E-state index in [-0.39, 0.29) is 12.6 Å². The number of nitrogens with one attached hydrogen (secondary N) is 1. The van der Waals surface area contributed by atoms with E-state index in [1.807, 2.05) is 30.3 Å². The molecule has 138 valence electrons. The molecular weight excluding hydrogens is 495 g/mol. The van der Waals surface area contributed by atoms with Gasteiger partial charge in [0.15, 0.2) is 0 Å². The third kappa shape index (κ3) is 4.69. The second-order valence-corrected chi connectivity index (χ2v) is 8.45. The minimum atomic E-state index is -0.443. The number of rotatable bonds is 5. The number of amides is 1. The van der Waals surface area contributed by atoms with Crippen molar-refractivity contribution in [3.05, 3.63) is 68.1 Å². The summed E-state index contributed by atoms with van der Waals surface area (Å²) in [6.45, 7) is 0.169. The Morgan fingerprint density at radius 3 is 2.67 bits per heavy atom. The molecule has 1 fully saturated rings. The van der Waals surface area contributed by atoms with Crippen molar-refractivity contribution in [2.24, 2.45) is 0 Å². The van der Waals surface area contributed by atoms with Crippen LogP contribution in [0, 0.1) is 3.57 Å². The van der Waals surface area contributed by atoms with Crippen LogP contribution in [0.1, 0.15) is 15.9 Å². The number of carbonyl (C=O) groups is 2. The fourth-order valence-corrected chi connectivity index (χ4v) is 4.05. The number of para-hydroxylation sites is 1. The normalized spacial score (nSPS) is 15.3. The largest absolute Gasteiger partial charge is 0.465 e. The van der Waals surface area contributed by atoms with Crippen molar-refractivity contribution in [3.63, 3.8) is 0 Å². The summed E-state index contributed by atoms with van der Waals surface area (Å²) in [5.41, 5.74) is 1.93. The summed E-state index contributed by atoms with van der Waals surface area (Å²) in [6, 6.07) is 14.9. The molecule has 1 heterocycles. The molecule has 1 N–H and O–H groups in total. The number of methoxy groups -OCH3 is 1. The van der Waals surface area contributed by atoms with Crippen LogP contribution in [0.5, 0.6) is 0 Å². The highest BCUT2D eigenvalue weighted by Gasteiger charge is 2.32. The summed E-state index contributed by atoms with van der Waals surface area (Å²) in [4.78, 5) is 26.6. The van der Waals surface area contributed by atoms with Gasteiger partial charge in [-0.05, 0) is 58.5 Å². The Labute approximate surface area is 180 Å². The standard InChI is InChI=1S/C19H15IN2O3S2/c1-25-18(24)14-4-2-3-5-15(14)21-11-22-17(23)16(27-19(22)26)10-12-6-8-13(20)9-7-12/h2-10,21H,11H2,1H3/b16-10-. The molecular formula is C19H15IN2O3S2. The fraction of sp³-hybridized carbons (Fsp3) is 0.105. The highest BCUT2D eigenvalue weighted by atomic mass is 127. The molecule has 1 aliphatic rings. The SMILES string of the molecule is COC(=O)c1ccccc1NCN1C(=O)/C(=C/c2ccc(I)cc2)SC1=S. The number of nitrogens with zero attached hydrogens (tertiary/aromatic N) is 1. The van der Waals surface area contributed by atoms with Crippen molar-refractivity contribution in [1.29, 1.82) is 0 Å². The second-order valence-electron chi connectivity index (χ2n) is 5.53. The number of hydrogen-bond donors (Lipinski definition) is 1. The van der Waals surface area contributed by atoms with Gasteiger partial charge < -0.3 is 10.1 Å². The predicted octanol–water partition coefficient (Wildman–Crippen LogP) is 4.35. The first kappa shape index (κ1) is 19.8. The van der Waals surface area contributed by atoms with Gasteiger partial charge in [0, 0.05) is 3.57 Å². The monoisotopic (exact) mass is 510 g/mol. The van der Waals surface area contributed by atoms with Crippen molar-refractivity contribution >= 4 is 74.5 Å². The van der Waals surface area contributed by atoms with Gasteiger partial charge in [-0.2, -0.15) is 0 Å². The Morgan fingerprint density at radius 2 is 1.96 bits per heavy atom. The Bertz CT molecular complexity index is 929. The summed E-state index contributed by atoms with van der Waals surface area (Å²) in [6.07, 6.45) is 1.83. The van der Waals surface area contributed by atoms with E-state index in [1.54, 1.807) is 24.3 Å². The lowest BCUT2D eigenvalue weighted by Crippen LogP contribution is -2.33. The van der Waals surface area contributed by atoms with Gasteiger partial charge in [-0.15, -0.1) is 0 Å². The van der Waals surface area contributed by atoms with E-state index in [9.17, 15) is 9.59 Å². The molecule has 3 rings (SSSR count). The van der Waals surface area contributed by atoms with E-state index in [1.165, 1.54) is 23.8 Å². The van der Waals surface area contributed by atoms with Gasteiger partial charge >= 0.3 is 5.97 Å². The number of ether oxygens (including phenoxy) is 1. The van der Waals surface area contributed by atoms with Crippen LogP contribution in [0.25, 0.3) is 6.08 Å². The average molecular weight is 510 g/mol. The van der Waals surface area contributed by atoms with Gasteiger partial charge in [-0.3, -0.25) is 9.69 Å². The van der Waals surface area contributed by atoms with Crippen molar-refractivity contribution in [1.82, 2.24) is 4.90 Å². The van der Waals surface area contributed by atoms with Crippen molar-refractivity contribution in [3.8, 4) is 0 Å². The summed E-state index contributed by atoms with van der Waals surface area (Å²) < 4.78 is 6.39. The molecule has 5 nitrogen and oxygen atoms in total. The number of carbonyl (C=O) groups excluding carboxylic acids is 2. The van der Waals surface area contributed by atoms with Crippen LogP contribution in [0.4, 0.5) is 5.69 Å². The lowest BCUT2D eigenvalue weighted by molar-refractivity contribution is -0.121. The van der Waals surface area contributed by atoms with Crippen LogP contribution in [0.3, 0.4) is 0 Å².